The standard InChI is InChI=1S/C29H26ClN3O3/c30-25-15-13-22(14-16-25)20-33(27(34)21-36-26-11-5-2-6-12-26)28(24-9-3-1-4-10-24)29(35)32-19-23-8-7-17-31-18-23/h1-18,28H,19-21H2,(H,32,35)/t28-/m1/s1. The summed E-state index contributed by atoms with van der Waals surface area (Å²) in [5.74, 6) is -0.0409. The van der Waals surface area contributed by atoms with Crippen molar-refractivity contribution in [2.24, 2.45) is 0 Å². The predicted octanol–water partition coefficient (Wildman–Crippen LogP) is 5.20. The number of rotatable bonds is 10. The van der Waals surface area contributed by atoms with Gasteiger partial charge in [-0.2, -0.15) is 0 Å². The third-order valence-corrected chi connectivity index (χ3v) is 5.81. The lowest BCUT2D eigenvalue weighted by Crippen LogP contribution is -2.45. The lowest BCUT2D eigenvalue weighted by molar-refractivity contribution is -0.143. The highest BCUT2D eigenvalue weighted by Gasteiger charge is 2.31. The molecule has 0 spiro atoms. The van der Waals surface area contributed by atoms with Crippen molar-refractivity contribution in [2.45, 2.75) is 19.1 Å². The lowest BCUT2D eigenvalue weighted by atomic mass is 10.0. The lowest BCUT2D eigenvalue weighted by Gasteiger charge is -2.31. The number of benzene rings is 3. The summed E-state index contributed by atoms with van der Waals surface area (Å²) in [6, 6.07) is 28.4. The van der Waals surface area contributed by atoms with Crippen LogP contribution in [0.15, 0.2) is 109 Å². The molecule has 6 nitrogen and oxygen atoms in total. The second-order valence-electron chi connectivity index (χ2n) is 8.14. The smallest absolute Gasteiger partial charge is 0.261 e. The second-order valence-corrected chi connectivity index (χ2v) is 8.58. The molecule has 4 rings (SSSR count). The number of nitrogens with one attached hydrogen (secondary N) is 1. The molecule has 4 aromatic rings. The van der Waals surface area contributed by atoms with Gasteiger partial charge in [0.1, 0.15) is 11.8 Å². The SMILES string of the molecule is O=C(NCc1cccnc1)[C@@H](c1ccccc1)N(Cc1ccc(Cl)cc1)C(=O)COc1ccccc1. The molecule has 7 heteroatoms. The minimum Gasteiger partial charge on any atom is -0.484 e. The number of hydrogen-bond donors (Lipinski definition) is 1. The molecule has 0 saturated carbocycles. The minimum atomic E-state index is -0.870. The average molecular weight is 500 g/mol. The van der Waals surface area contributed by atoms with E-state index in [1.54, 1.807) is 41.6 Å². The molecule has 1 heterocycles. The summed E-state index contributed by atoms with van der Waals surface area (Å²) in [4.78, 5) is 32.8. The Bertz CT molecular complexity index is 1250. The zero-order valence-electron chi connectivity index (χ0n) is 19.6. The van der Waals surface area contributed by atoms with E-state index >= 15 is 0 Å². The van der Waals surface area contributed by atoms with Gasteiger partial charge in [-0.05, 0) is 47.0 Å². The molecular formula is C29H26ClN3O3. The summed E-state index contributed by atoms with van der Waals surface area (Å²) in [5.41, 5.74) is 2.40. The highest BCUT2D eigenvalue weighted by molar-refractivity contribution is 6.30. The van der Waals surface area contributed by atoms with E-state index in [9.17, 15) is 9.59 Å². The number of para-hydroxylation sites is 1. The first-order chi connectivity index (χ1) is 17.6. The number of aromatic nitrogens is 1. The zero-order valence-corrected chi connectivity index (χ0v) is 20.3. The minimum absolute atomic E-state index is 0.202. The van der Waals surface area contributed by atoms with E-state index in [0.29, 0.717) is 22.9 Å². The molecule has 1 aromatic heterocycles. The monoisotopic (exact) mass is 499 g/mol. The van der Waals surface area contributed by atoms with Gasteiger partial charge in [0.05, 0.1) is 0 Å². The molecule has 0 saturated heterocycles. The zero-order chi connectivity index (χ0) is 25.2. The molecule has 0 fully saturated rings. The molecule has 36 heavy (non-hydrogen) atoms. The summed E-state index contributed by atoms with van der Waals surface area (Å²) in [5, 5.41) is 3.56. The number of carbonyl (C=O) groups excluding carboxylic acids is 2. The van der Waals surface area contributed by atoms with Gasteiger partial charge in [0.25, 0.3) is 5.91 Å². The fraction of sp³-hybridized carbons (Fsp3) is 0.138. The van der Waals surface area contributed by atoms with E-state index in [-0.39, 0.29) is 25.0 Å². The van der Waals surface area contributed by atoms with Gasteiger partial charge < -0.3 is 15.0 Å². The Labute approximate surface area is 215 Å². The van der Waals surface area contributed by atoms with Crippen LogP contribution >= 0.6 is 11.6 Å². The molecule has 182 valence electrons. The van der Waals surface area contributed by atoms with Crippen LogP contribution in [-0.2, 0) is 22.7 Å². The van der Waals surface area contributed by atoms with Crippen LogP contribution in [-0.4, -0.2) is 28.3 Å². The molecule has 0 aliphatic rings. The number of halogens is 1. The summed E-state index contributed by atoms with van der Waals surface area (Å²) in [7, 11) is 0. The van der Waals surface area contributed by atoms with Crippen molar-refractivity contribution >= 4 is 23.4 Å². The highest BCUT2D eigenvalue weighted by atomic mass is 35.5. The van der Waals surface area contributed by atoms with Crippen molar-refractivity contribution < 1.29 is 14.3 Å². The van der Waals surface area contributed by atoms with Crippen molar-refractivity contribution in [1.82, 2.24) is 15.2 Å². The molecule has 3 aromatic carbocycles. The van der Waals surface area contributed by atoms with Gasteiger partial charge in [-0.3, -0.25) is 14.6 Å². The van der Waals surface area contributed by atoms with Crippen LogP contribution in [0, 0.1) is 0 Å². The van der Waals surface area contributed by atoms with Gasteiger partial charge in [-0.15, -0.1) is 0 Å². The fourth-order valence-electron chi connectivity index (χ4n) is 3.75. The van der Waals surface area contributed by atoms with Crippen molar-refractivity contribution in [3.8, 4) is 5.75 Å². The first-order valence-electron chi connectivity index (χ1n) is 11.5. The summed E-state index contributed by atoms with van der Waals surface area (Å²) in [6.45, 7) is 0.282. The average Bonchev–Trinajstić information content (AvgIpc) is 2.93. The van der Waals surface area contributed by atoms with Gasteiger partial charge >= 0.3 is 0 Å². The Morgan fingerprint density at radius 1 is 0.861 bits per heavy atom. The quantitative estimate of drug-likeness (QED) is 0.325. The number of amides is 2. The van der Waals surface area contributed by atoms with Crippen LogP contribution in [0.4, 0.5) is 0 Å². The Morgan fingerprint density at radius 3 is 2.22 bits per heavy atom. The molecule has 0 bridgehead atoms. The maximum atomic E-state index is 13.6. The van der Waals surface area contributed by atoms with Gasteiger partial charge in [0, 0.05) is 30.5 Å². The van der Waals surface area contributed by atoms with Crippen LogP contribution < -0.4 is 10.1 Å². The van der Waals surface area contributed by atoms with E-state index in [2.05, 4.69) is 10.3 Å². The van der Waals surface area contributed by atoms with E-state index in [4.69, 9.17) is 16.3 Å². The number of hydrogen-bond acceptors (Lipinski definition) is 4. The summed E-state index contributed by atoms with van der Waals surface area (Å²) >= 11 is 6.07. The third-order valence-electron chi connectivity index (χ3n) is 5.56. The van der Waals surface area contributed by atoms with E-state index in [0.717, 1.165) is 11.1 Å². The van der Waals surface area contributed by atoms with E-state index in [1.165, 1.54) is 0 Å². The van der Waals surface area contributed by atoms with Crippen molar-refractivity contribution in [3.63, 3.8) is 0 Å². The largest absolute Gasteiger partial charge is 0.484 e. The number of ether oxygens (including phenoxy) is 1. The van der Waals surface area contributed by atoms with E-state index in [1.807, 2.05) is 72.8 Å². The van der Waals surface area contributed by atoms with Crippen molar-refractivity contribution in [3.05, 3.63) is 131 Å². The molecule has 1 N–H and O–H groups in total. The second kappa shape index (κ2) is 12.5. The third kappa shape index (κ3) is 6.93. The Balaban J connectivity index is 1.62. The first kappa shape index (κ1) is 24.9. The molecule has 2 amide bonds. The van der Waals surface area contributed by atoms with Gasteiger partial charge in [0.2, 0.25) is 5.91 Å². The van der Waals surface area contributed by atoms with Crippen LogP contribution in [0.25, 0.3) is 0 Å². The van der Waals surface area contributed by atoms with E-state index < -0.39 is 6.04 Å². The number of carbonyl (C=O) groups is 2. The van der Waals surface area contributed by atoms with Crippen molar-refractivity contribution in [2.75, 3.05) is 6.61 Å². The van der Waals surface area contributed by atoms with Crippen LogP contribution in [0.2, 0.25) is 5.02 Å². The summed E-state index contributed by atoms with van der Waals surface area (Å²) < 4.78 is 5.75. The van der Waals surface area contributed by atoms with Crippen LogP contribution in [0.5, 0.6) is 5.75 Å². The van der Waals surface area contributed by atoms with Crippen LogP contribution in [0.1, 0.15) is 22.7 Å². The highest BCUT2D eigenvalue weighted by Crippen LogP contribution is 2.25. The van der Waals surface area contributed by atoms with Gasteiger partial charge in [-0.25, -0.2) is 0 Å². The van der Waals surface area contributed by atoms with Gasteiger partial charge in [0.15, 0.2) is 6.61 Å². The fourth-order valence-corrected chi connectivity index (χ4v) is 3.88. The van der Waals surface area contributed by atoms with Crippen LogP contribution in [0.3, 0.4) is 0 Å². The molecule has 0 aliphatic carbocycles. The Hall–Kier alpha value is -4.16. The maximum absolute atomic E-state index is 13.6. The molecule has 1 atom stereocenters. The maximum Gasteiger partial charge on any atom is 0.261 e. The van der Waals surface area contributed by atoms with Crippen molar-refractivity contribution in [1.29, 1.82) is 0 Å². The Kier molecular flexibility index (Phi) is 8.67. The predicted molar refractivity (Wildman–Crippen MR) is 139 cm³/mol. The first-order valence-corrected chi connectivity index (χ1v) is 11.9. The molecule has 0 aliphatic heterocycles. The molecule has 0 unspecified atom stereocenters. The van der Waals surface area contributed by atoms with Gasteiger partial charge in [-0.1, -0.05) is 78.3 Å². The topological polar surface area (TPSA) is 71.5 Å². The normalized spacial score (nSPS) is 11.4. The molecule has 0 radical (unpaired) electrons. The summed E-state index contributed by atoms with van der Waals surface area (Å²) in [6.07, 6.45) is 3.37. The number of nitrogens with zero attached hydrogens (tertiary/aromatic N) is 2. The Morgan fingerprint density at radius 2 is 1.56 bits per heavy atom. The molecular weight excluding hydrogens is 474 g/mol. The number of pyridine rings is 1.